The molecule has 17 heavy (non-hydrogen) atoms. The number of alkyl halides is 1. The number of rotatable bonds is 5. The third kappa shape index (κ3) is 2.97. The summed E-state index contributed by atoms with van der Waals surface area (Å²) in [6, 6.07) is 2.64. The molecule has 0 aromatic carbocycles. The van der Waals surface area contributed by atoms with E-state index in [-0.39, 0.29) is 22.8 Å². The number of H-pyrrole nitrogens is 1. The molecule has 6 nitrogen and oxygen atoms in total. The van der Waals surface area contributed by atoms with Crippen LogP contribution in [0.1, 0.15) is 23.3 Å². The maximum atomic E-state index is 11.6. The summed E-state index contributed by atoms with van der Waals surface area (Å²) in [6.45, 7) is 0.387. The summed E-state index contributed by atoms with van der Waals surface area (Å²) < 4.78 is 0. The molecule has 0 spiro atoms. The van der Waals surface area contributed by atoms with Gasteiger partial charge in [-0.15, -0.1) is 11.6 Å². The van der Waals surface area contributed by atoms with Gasteiger partial charge in [-0.1, -0.05) is 0 Å². The molecule has 7 heteroatoms. The van der Waals surface area contributed by atoms with Crippen molar-refractivity contribution in [3.8, 4) is 0 Å². The van der Waals surface area contributed by atoms with E-state index in [1.807, 2.05) is 0 Å². The smallest absolute Gasteiger partial charge is 0.321 e. The number of nitrogens with one attached hydrogen (secondary N) is 2. The number of amides is 1. The minimum Gasteiger partial charge on any atom is -0.358 e. The van der Waals surface area contributed by atoms with E-state index in [2.05, 4.69) is 10.3 Å². The molecule has 1 atom stereocenters. The second-order valence-electron chi connectivity index (χ2n) is 4.08. The van der Waals surface area contributed by atoms with Crippen molar-refractivity contribution in [2.75, 3.05) is 6.54 Å². The molecule has 1 aromatic rings. The standard InChI is InChI=1S/C10H12ClN3O3/c11-7(6-1-2-6)5-12-10(15)8-3-4-9(13-8)14(16)17/h3-4,6-7,13H,1-2,5H2,(H,12,15). The summed E-state index contributed by atoms with van der Waals surface area (Å²) in [5.41, 5.74) is 0.177. The van der Waals surface area contributed by atoms with Crippen molar-refractivity contribution in [2.24, 2.45) is 5.92 Å². The maximum absolute atomic E-state index is 11.6. The van der Waals surface area contributed by atoms with E-state index in [4.69, 9.17) is 11.6 Å². The van der Waals surface area contributed by atoms with E-state index < -0.39 is 4.92 Å². The summed E-state index contributed by atoms with van der Waals surface area (Å²) in [6.07, 6.45) is 2.22. The first-order valence-electron chi connectivity index (χ1n) is 5.33. The van der Waals surface area contributed by atoms with Crippen LogP contribution in [0.3, 0.4) is 0 Å². The Kier molecular flexibility index (Phi) is 3.33. The van der Waals surface area contributed by atoms with E-state index in [1.165, 1.54) is 12.1 Å². The third-order valence-corrected chi connectivity index (χ3v) is 3.21. The lowest BCUT2D eigenvalue weighted by atomic mass is 10.3. The number of carbonyl (C=O) groups excluding carboxylic acids is 1. The van der Waals surface area contributed by atoms with Crippen LogP contribution in [0, 0.1) is 16.0 Å². The molecule has 2 N–H and O–H groups in total. The number of halogens is 1. The van der Waals surface area contributed by atoms with E-state index in [9.17, 15) is 14.9 Å². The number of nitrogens with zero attached hydrogens (tertiary/aromatic N) is 1. The number of aromatic amines is 1. The van der Waals surface area contributed by atoms with Gasteiger partial charge in [-0.05, 0) is 29.7 Å². The van der Waals surface area contributed by atoms with Crippen molar-refractivity contribution < 1.29 is 9.72 Å². The summed E-state index contributed by atoms with van der Waals surface area (Å²) in [4.78, 5) is 23.9. The van der Waals surface area contributed by atoms with Crippen molar-refractivity contribution in [3.63, 3.8) is 0 Å². The Morgan fingerprint density at radius 3 is 2.88 bits per heavy atom. The van der Waals surface area contributed by atoms with Crippen molar-refractivity contribution in [1.82, 2.24) is 10.3 Å². The molecule has 1 fully saturated rings. The van der Waals surface area contributed by atoms with E-state index in [1.54, 1.807) is 0 Å². The first-order valence-corrected chi connectivity index (χ1v) is 5.77. The van der Waals surface area contributed by atoms with E-state index in [0.29, 0.717) is 12.5 Å². The van der Waals surface area contributed by atoms with Gasteiger partial charge >= 0.3 is 5.82 Å². The Hall–Kier alpha value is -1.56. The van der Waals surface area contributed by atoms with Crippen LogP contribution in [0.4, 0.5) is 5.82 Å². The first kappa shape index (κ1) is 11.9. The second kappa shape index (κ2) is 4.75. The van der Waals surface area contributed by atoms with Crippen LogP contribution >= 0.6 is 11.6 Å². The number of nitro groups is 1. The molecule has 1 heterocycles. The van der Waals surface area contributed by atoms with Crippen LogP contribution in [0.2, 0.25) is 0 Å². The van der Waals surface area contributed by atoms with Crippen LogP contribution in [-0.2, 0) is 0 Å². The number of aromatic nitrogens is 1. The van der Waals surface area contributed by atoms with E-state index in [0.717, 1.165) is 12.8 Å². The molecular formula is C10H12ClN3O3. The highest BCUT2D eigenvalue weighted by molar-refractivity contribution is 6.21. The van der Waals surface area contributed by atoms with Gasteiger partial charge in [0, 0.05) is 12.6 Å². The minimum absolute atomic E-state index is 0.0519. The zero-order valence-electron chi connectivity index (χ0n) is 8.98. The lowest BCUT2D eigenvalue weighted by Gasteiger charge is -2.07. The van der Waals surface area contributed by atoms with Gasteiger partial charge in [-0.3, -0.25) is 4.79 Å². The molecular weight excluding hydrogens is 246 g/mol. The molecule has 0 radical (unpaired) electrons. The average Bonchev–Trinajstić information content (AvgIpc) is 3.02. The Labute approximate surface area is 102 Å². The second-order valence-corrected chi connectivity index (χ2v) is 4.64. The molecule has 1 saturated carbocycles. The zero-order chi connectivity index (χ0) is 12.4. The molecule has 1 aromatic heterocycles. The normalized spacial score (nSPS) is 16.5. The van der Waals surface area contributed by atoms with Crippen molar-refractivity contribution in [1.29, 1.82) is 0 Å². The van der Waals surface area contributed by atoms with Crippen LogP contribution in [0.5, 0.6) is 0 Å². The van der Waals surface area contributed by atoms with Crippen LogP contribution in [-0.4, -0.2) is 27.7 Å². The van der Waals surface area contributed by atoms with Crippen molar-refractivity contribution in [2.45, 2.75) is 18.2 Å². The quantitative estimate of drug-likeness (QED) is 0.478. The van der Waals surface area contributed by atoms with Crippen LogP contribution in [0.25, 0.3) is 0 Å². The summed E-state index contributed by atoms with van der Waals surface area (Å²) in [7, 11) is 0. The fraction of sp³-hybridized carbons (Fsp3) is 0.500. The number of carbonyl (C=O) groups is 1. The molecule has 1 unspecified atom stereocenters. The van der Waals surface area contributed by atoms with Gasteiger partial charge in [0.15, 0.2) is 5.69 Å². The predicted molar refractivity (Wildman–Crippen MR) is 62.1 cm³/mol. The van der Waals surface area contributed by atoms with Gasteiger partial charge < -0.3 is 15.4 Å². The lowest BCUT2D eigenvalue weighted by Crippen LogP contribution is -2.30. The number of hydrogen-bond acceptors (Lipinski definition) is 3. The van der Waals surface area contributed by atoms with Crippen LogP contribution in [0.15, 0.2) is 12.1 Å². The maximum Gasteiger partial charge on any atom is 0.321 e. The highest BCUT2D eigenvalue weighted by Gasteiger charge is 2.30. The minimum atomic E-state index is -0.578. The zero-order valence-corrected chi connectivity index (χ0v) is 9.74. The van der Waals surface area contributed by atoms with Gasteiger partial charge in [0.05, 0.1) is 5.38 Å². The topological polar surface area (TPSA) is 88.0 Å². The molecule has 1 aliphatic carbocycles. The molecule has 0 aliphatic heterocycles. The first-order chi connectivity index (χ1) is 8.08. The molecule has 2 rings (SSSR count). The van der Waals surface area contributed by atoms with Gasteiger partial charge in [0.25, 0.3) is 5.91 Å². The summed E-state index contributed by atoms with van der Waals surface area (Å²) in [5.74, 6) is -0.0703. The van der Waals surface area contributed by atoms with Crippen molar-refractivity contribution in [3.05, 3.63) is 27.9 Å². The fourth-order valence-electron chi connectivity index (χ4n) is 1.53. The highest BCUT2D eigenvalue weighted by Crippen LogP contribution is 2.35. The number of hydrogen-bond donors (Lipinski definition) is 2. The van der Waals surface area contributed by atoms with Gasteiger partial charge in [0.1, 0.15) is 0 Å². The van der Waals surface area contributed by atoms with Gasteiger partial charge in [-0.25, -0.2) is 4.98 Å². The lowest BCUT2D eigenvalue weighted by molar-refractivity contribution is -0.389. The highest BCUT2D eigenvalue weighted by atomic mass is 35.5. The Balaban J connectivity index is 1.87. The van der Waals surface area contributed by atoms with Gasteiger partial charge in [-0.2, -0.15) is 0 Å². The molecule has 0 saturated heterocycles. The predicted octanol–water partition coefficient (Wildman–Crippen LogP) is 1.67. The third-order valence-electron chi connectivity index (χ3n) is 2.70. The monoisotopic (exact) mass is 257 g/mol. The Morgan fingerprint density at radius 1 is 1.65 bits per heavy atom. The Bertz CT molecular complexity index is 442. The molecule has 1 aliphatic rings. The average molecular weight is 258 g/mol. The van der Waals surface area contributed by atoms with Gasteiger partial charge in [0.2, 0.25) is 0 Å². The van der Waals surface area contributed by atoms with Crippen LogP contribution < -0.4 is 5.32 Å². The molecule has 1 amide bonds. The SMILES string of the molecule is O=C(NCC(Cl)C1CC1)c1ccc([N+](=O)[O-])[nH]1. The summed E-state index contributed by atoms with van der Waals surface area (Å²) >= 11 is 6.03. The largest absolute Gasteiger partial charge is 0.358 e. The van der Waals surface area contributed by atoms with E-state index >= 15 is 0 Å². The van der Waals surface area contributed by atoms with Crippen molar-refractivity contribution >= 4 is 23.3 Å². The Morgan fingerprint density at radius 2 is 2.35 bits per heavy atom. The fourth-order valence-corrected chi connectivity index (χ4v) is 1.86. The molecule has 0 bridgehead atoms. The summed E-state index contributed by atoms with van der Waals surface area (Å²) in [5, 5.41) is 13.0. The molecule has 92 valence electrons.